The van der Waals surface area contributed by atoms with E-state index in [-0.39, 0.29) is 18.3 Å². The van der Waals surface area contributed by atoms with Gasteiger partial charge in [0.25, 0.3) is 5.91 Å². The van der Waals surface area contributed by atoms with Gasteiger partial charge in [0.05, 0.1) is 37.9 Å². The smallest absolute Gasteiger partial charge is 0.252 e. The molecule has 4 rings (SSSR count). The van der Waals surface area contributed by atoms with Crippen LogP contribution in [0.25, 0.3) is 16.3 Å². The number of carbonyl (C=O) groups excluding carboxylic acids is 1. The van der Waals surface area contributed by atoms with Crippen LogP contribution in [0.2, 0.25) is 5.02 Å². The summed E-state index contributed by atoms with van der Waals surface area (Å²) in [4.78, 5) is 24.0. The fraction of sp³-hybridized carbons (Fsp3) is 0.269. The van der Waals surface area contributed by atoms with Crippen molar-refractivity contribution in [1.82, 2.24) is 14.5 Å². The van der Waals surface area contributed by atoms with Crippen LogP contribution in [0.1, 0.15) is 17.5 Å². The molecule has 2 heterocycles. The van der Waals surface area contributed by atoms with Crippen LogP contribution in [-0.4, -0.2) is 48.3 Å². The fourth-order valence-corrected chi connectivity index (χ4v) is 5.00. The number of aryl methyl sites for hydroxylation is 2. The molecule has 0 spiro atoms. The van der Waals surface area contributed by atoms with Gasteiger partial charge in [-0.25, -0.2) is 9.97 Å². The molecule has 0 saturated carbocycles. The molecule has 0 aliphatic carbocycles. The number of hydrogen-bond donors (Lipinski definition) is 0. The Morgan fingerprint density at radius 3 is 2.51 bits per heavy atom. The first kappa shape index (κ1) is 28.3. The number of halogens is 2. The Hall–Kier alpha value is -3.27. The van der Waals surface area contributed by atoms with E-state index in [1.54, 1.807) is 57.0 Å². The topological polar surface area (TPSA) is 78.7 Å². The number of benzene rings is 2. The highest BCUT2D eigenvalue weighted by molar-refractivity contribution is 7.22. The Kier molecular flexibility index (Phi) is 9.79. The number of aromatic nitrogens is 3. The van der Waals surface area contributed by atoms with Crippen LogP contribution in [0.15, 0.2) is 49.1 Å². The number of imidazole rings is 1. The largest absolute Gasteiger partial charge is 0.493 e. The zero-order valence-electron chi connectivity index (χ0n) is 20.9. The monoisotopic (exact) mass is 562 g/mol. The minimum absolute atomic E-state index is 0. The highest BCUT2D eigenvalue weighted by Gasteiger charge is 2.19. The number of nitrogens with zero attached hydrogens (tertiary/aromatic N) is 4. The van der Waals surface area contributed by atoms with Crippen LogP contribution in [0.4, 0.5) is 5.13 Å². The van der Waals surface area contributed by atoms with E-state index in [9.17, 15) is 4.79 Å². The lowest BCUT2D eigenvalue weighted by Crippen LogP contribution is -2.30. The third kappa shape index (κ3) is 6.36. The van der Waals surface area contributed by atoms with Gasteiger partial charge in [-0.15, -0.1) is 12.4 Å². The van der Waals surface area contributed by atoms with Gasteiger partial charge in [-0.1, -0.05) is 22.9 Å². The molecule has 8 nitrogen and oxygen atoms in total. The summed E-state index contributed by atoms with van der Waals surface area (Å²) in [5, 5.41) is 1.28. The minimum atomic E-state index is -0.183. The maximum atomic E-state index is 13.4. The van der Waals surface area contributed by atoms with Crippen LogP contribution in [0, 0.1) is 6.92 Å². The second-order valence-corrected chi connectivity index (χ2v) is 9.37. The normalized spacial score (nSPS) is 10.9. The van der Waals surface area contributed by atoms with E-state index in [2.05, 4.69) is 4.98 Å². The van der Waals surface area contributed by atoms with Crippen molar-refractivity contribution in [2.24, 2.45) is 0 Å². The van der Waals surface area contributed by atoms with Gasteiger partial charge in [0.1, 0.15) is 0 Å². The molecule has 2 aromatic heterocycles. The van der Waals surface area contributed by atoms with E-state index in [4.69, 9.17) is 30.8 Å². The van der Waals surface area contributed by atoms with Crippen LogP contribution in [0.3, 0.4) is 0 Å². The number of fused-ring (bicyclic) bond motifs is 1. The minimum Gasteiger partial charge on any atom is -0.493 e. The number of hydrogen-bond acceptors (Lipinski definition) is 7. The van der Waals surface area contributed by atoms with Crippen LogP contribution in [0.5, 0.6) is 17.2 Å². The SMILES string of the molecule is COc1cc(/C=C/C(=O)N(CCCn2ccnc2)c2nc3c(C)c(Cl)ccc3s2)cc(OC)c1OC.Cl. The third-order valence-electron chi connectivity index (χ3n) is 5.70. The summed E-state index contributed by atoms with van der Waals surface area (Å²) in [6.07, 6.45) is 9.40. The van der Waals surface area contributed by atoms with Crippen molar-refractivity contribution in [2.45, 2.75) is 19.9 Å². The van der Waals surface area contributed by atoms with E-state index in [0.29, 0.717) is 33.9 Å². The van der Waals surface area contributed by atoms with Gasteiger partial charge >= 0.3 is 0 Å². The van der Waals surface area contributed by atoms with E-state index < -0.39 is 0 Å². The van der Waals surface area contributed by atoms with Crippen molar-refractivity contribution >= 4 is 62.7 Å². The number of anilines is 1. The van der Waals surface area contributed by atoms with Gasteiger partial charge < -0.3 is 18.8 Å². The predicted molar refractivity (Wildman–Crippen MR) is 151 cm³/mol. The second-order valence-electron chi connectivity index (χ2n) is 7.95. The number of ether oxygens (including phenoxy) is 3. The summed E-state index contributed by atoms with van der Waals surface area (Å²) >= 11 is 7.77. The molecule has 37 heavy (non-hydrogen) atoms. The summed E-state index contributed by atoms with van der Waals surface area (Å²) in [5.41, 5.74) is 2.45. The number of methoxy groups -OCH3 is 3. The predicted octanol–water partition coefficient (Wildman–Crippen LogP) is 6.04. The zero-order chi connectivity index (χ0) is 25.7. The van der Waals surface area contributed by atoms with Crippen molar-refractivity contribution in [1.29, 1.82) is 0 Å². The maximum absolute atomic E-state index is 13.4. The van der Waals surface area contributed by atoms with Gasteiger partial charge in [0.2, 0.25) is 5.75 Å². The van der Waals surface area contributed by atoms with E-state index in [0.717, 1.165) is 34.3 Å². The molecule has 0 radical (unpaired) electrons. The molecule has 0 fully saturated rings. The zero-order valence-corrected chi connectivity index (χ0v) is 23.3. The Bertz CT molecular complexity index is 1360. The van der Waals surface area contributed by atoms with Crippen LogP contribution >= 0.6 is 35.3 Å². The Labute approximate surface area is 230 Å². The van der Waals surface area contributed by atoms with Gasteiger partial charge in [0.15, 0.2) is 16.6 Å². The number of thiazole rings is 1. The van der Waals surface area contributed by atoms with E-state index >= 15 is 0 Å². The Balaban J connectivity index is 0.00000380. The van der Waals surface area contributed by atoms with Crippen molar-refractivity contribution in [2.75, 3.05) is 32.8 Å². The van der Waals surface area contributed by atoms with Crippen molar-refractivity contribution in [3.63, 3.8) is 0 Å². The summed E-state index contributed by atoms with van der Waals surface area (Å²) in [6.45, 7) is 3.16. The fourth-order valence-electron chi connectivity index (χ4n) is 3.79. The molecule has 0 saturated heterocycles. The van der Waals surface area contributed by atoms with Gasteiger partial charge in [-0.2, -0.15) is 0 Å². The average Bonchev–Trinajstić information content (AvgIpc) is 3.57. The van der Waals surface area contributed by atoms with E-state index in [1.807, 2.05) is 29.8 Å². The average molecular weight is 564 g/mol. The van der Waals surface area contributed by atoms with Crippen molar-refractivity contribution in [3.8, 4) is 17.2 Å². The highest BCUT2D eigenvalue weighted by Crippen LogP contribution is 2.38. The van der Waals surface area contributed by atoms with Crippen LogP contribution < -0.4 is 19.1 Å². The molecule has 4 aromatic rings. The summed E-state index contributed by atoms with van der Waals surface area (Å²) in [6, 6.07) is 7.37. The standard InChI is InChI=1S/C26H27ClN4O4S.ClH/c1-17-19(27)7-8-22-24(17)29-26(36-22)31(12-5-11-30-13-10-28-16-30)23(32)9-6-18-14-20(33-2)25(35-4)21(15-18)34-3;/h6-10,13-16H,5,11-12H2,1-4H3;1H/b9-6+;. The number of carbonyl (C=O) groups is 1. The lowest BCUT2D eigenvalue weighted by atomic mass is 10.1. The summed E-state index contributed by atoms with van der Waals surface area (Å²) in [5.74, 6) is 1.34. The first-order chi connectivity index (χ1) is 17.4. The Morgan fingerprint density at radius 1 is 1.16 bits per heavy atom. The molecular formula is C26H28Cl2N4O4S. The summed E-state index contributed by atoms with van der Waals surface area (Å²) in [7, 11) is 4.66. The number of amides is 1. The molecule has 0 aliphatic rings. The first-order valence-corrected chi connectivity index (χ1v) is 12.5. The first-order valence-electron chi connectivity index (χ1n) is 11.3. The molecule has 1 amide bonds. The quantitative estimate of drug-likeness (QED) is 0.219. The lowest BCUT2D eigenvalue weighted by Gasteiger charge is -2.18. The number of rotatable bonds is 10. The molecule has 0 aliphatic heterocycles. The molecule has 2 aromatic carbocycles. The molecule has 0 bridgehead atoms. The van der Waals surface area contributed by atoms with Gasteiger partial charge in [-0.3, -0.25) is 9.69 Å². The van der Waals surface area contributed by atoms with Gasteiger partial charge in [-0.05, 0) is 54.8 Å². The van der Waals surface area contributed by atoms with Crippen molar-refractivity contribution in [3.05, 3.63) is 65.2 Å². The molecule has 11 heteroatoms. The maximum Gasteiger partial charge on any atom is 0.252 e. The summed E-state index contributed by atoms with van der Waals surface area (Å²) < 4.78 is 19.2. The van der Waals surface area contributed by atoms with Gasteiger partial charge in [0, 0.05) is 36.6 Å². The molecule has 0 atom stereocenters. The van der Waals surface area contributed by atoms with Crippen molar-refractivity contribution < 1.29 is 19.0 Å². The molecular weight excluding hydrogens is 535 g/mol. The molecule has 0 unspecified atom stereocenters. The van der Waals surface area contributed by atoms with Crippen LogP contribution in [-0.2, 0) is 11.3 Å². The second kappa shape index (κ2) is 12.8. The Morgan fingerprint density at radius 2 is 1.89 bits per heavy atom. The molecule has 0 N–H and O–H groups in total. The third-order valence-corrected chi connectivity index (χ3v) is 7.15. The highest BCUT2D eigenvalue weighted by atomic mass is 35.5. The lowest BCUT2D eigenvalue weighted by molar-refractivity contribution is -0.114. The molecule has 196 valence electrons. The van der Waals surface area contributed by atoms with E-state index in [1.165, 1.54) is 17.4 Å².